The van der Waals surface area contributed by atoms with Crippen molar-refractivity contribution in [3.63, 3.8) is 0 Å². The standard InChI is InChI=1S/C26H31NO4/c1-4-30-19-9-10-21-23(15-19)31-25(2,3)17-26(21)20-7-5-6-8-22(20)27(24(26)28)16-18-11-13-29-14-12-18/h5-10,15,18H,4,11-14,16-17H2,1-3H3. The summed E-state index contributed by atoms with van der Waals surface area (Å²) in [5.74, 6) is 2.15. The van der Waals surface area contributed by atoms with Gasteiger partial charge in [0.05, 0.1) is 6.61 Å². The van der Waals surface area contributed by atoms with Gasteiger partial charge in [-0.3, -0.25) is 4.79 Å². The van der Waals surface area contributed by atoms with Crippen LogP contribution < -0.4 is 14.4 Å². The van der Waals surface area contributed by atoms with Crippen LogP contribution in [-0.4, -0.2) is 37.9 Å². The Labute approximate surface area is 184 Å². The second-order valence-corrected chi connectivity index (χ2v) is 9.52. The summed E-state index contributed by atoms with van der Waals surface area (Å²) in [4.78, 5) is 16.3. The van der Waals surface area contributed by atoms with E-state index in [1.54, 1.807) is 0 Å². The summed E-state index contributed by atoms with van der Waals surface area (Å²) in [7, 11) is 0. The number of rotatable bonds is 4. The van der Waals surface area contributed by atoms with Crippen molar-refractivity contribution in [2.75, 3.05) is 31.3 Å². The molecule has 0 N–H and O–H groups in total. The van der Waals surface area contributed by atoms with Crippen LogP contribution in [0.1, 0.15) is 51.2 Å². The topological polar surface area (TPSA) is 48.0 Å². The number of para-hydroxylation sites is 1. The number of amides is 1. The van der Waals surface area contributed by atoms with Gasteiger partial charge in [-0.1, -0.05) is 24.3 Å². The zero-order valence-corrected chi connectivity index (χ0v) is 18.6. The van der Waals surface area contributed by atoms with E-state index >= 15 is 0 Å². The van der Waals surface area contributed by atoms with Gasteiger partial charge >= 0.3 is 0 Å². The van der Waals surface area contributed by atoms with E-state index in [9.17, 15) is 4.79 Å². The van der Waals surface area contributed by atoms with Gasteiger partial charge in [-0.05, 0) is 57.2 Å². The summed E-state index contributed by atoms with van der Waals surface area (Å²) in [5, 5.41) is 0. The first kappa shape index (κ1) is 20.4. The van der Waals surface area contributed by atoms with Gasteiger partial charge in [-0.15, -0.1) is 0 Å². The van der Waals surface area contributed by atoms with Crippen molar-refractivity contribution >= 4 is 11.6 Å². The Morgan fingerprint density at radius 1 is 1.10 bits per heavy atom. The molecule has 1 fully saturated rings. The zero-order valence-electron chi connectivity index (χ0n) is 18.6. The number of hydrogen-bond donors (Lipinski definition) is 0. The number of anilines is 1. The molecule has 0 bridgehead atoms. The lowest BCUT2D eigenvalue weighted by atomic mass is 9.67. The van der Waals surface area contributed by atoms with Crippen molar-refractivity contribution in [1.29, 1.82) is 0 Å². The van der Waals surface area contributed by atoms with Crippen molar-refractivity contribution < 1.29 is 19.0 Å². The summed E-state index contributed by atoms with van der Waals surface area (Å²) < 4.78 is 17.6. The normalized spacial score (nSPS) is 24.6. The van der Waals surface area contributed by atoms with Gasteiger partial charge < -0.3 is 19.1 Å². The molecule has 3 aliphatic heterocycles. The van der Waals surface area contributed by atoms with Gasteiger partial charge in [0.2, 0.25) is 5.91 Å². The Morgan fingerprint density at radius 2 is 1.87 bits per heavy atom. The van der Waals surface area contributed by atoms with Crippen molar-refractivity contribution in [3.8, 4) is 11.5 Å². The maximum Gasteiger partial charge on any atom is 0.242 e. The fraction of sp³-hybridized carbons (Fsp3) is 0.500. The number of hydrogen-bond acceptors (Lipinski definition) is 4. The fourth-order valence-corrected chi connectivity index (χ4v) is 5.59. The Bertz CT molecular complexity index is 995. The highest BCUT2D eigenvalue weighted by Crippen LogP contribution is 2.56. The van der Waals surface area contributed by atoms with Gasteiger partial charge in [0.25, 0.3) is 0 Å². The summed E-state index contributed by atoms with van der Waals surface area (Å²) in [6.45, 7) is 9.01. The highest BCUT2D eigenvalue weighted by Gasteiger charge is 2.58. The number of fused-ring (bicyclic) bond motifs is 4. The highest BCUT2D eigenvalue weighted by atomic mass is 16.5. The minimum absolute atomic E-state index is 0.168. The first-order valence-corrected chi connectivity index (χ1v) is 11.4. The van der Waals surface area contributed by atoms with Gasteiger partial charge in [-0.25, -0.2) is 0 Å². The minimum atomic E-state index is -0.733. The molecule has 0 aromatic heterocycles. The van der Waals surface area contributed by atoms with Gasteiger partial charge in [0, 0.05) is 43.5 Å². The molecule has 0 aliphatic carbocycles. The molecule has 31 heavy (non-hydrogen) atoms. The van der Waals surface area contributed by atoms with Crippen molar-refractivity contribution in [2.24, 2.45) is 5.92 Å². The molecule has 5 nitrogen and oxygen atoms in total. The van der Waals surface area contributed by atoms with Crippen LogP contribution in [0, 0.1) is 5.92 Å². The van der Waals surface area contributed by atoms with E-state index in [1.165, 1.54) is 0 Å². The van der Waals surface area contributed by atoms with Crippen molar-refractivity contribution in [1.82, 2.24) is 0 Å². The van der Waals surface area contributed by atoms with Crippen molar-refractivity contribution in [2.45, 2.75) is 51.0 Å². The Kier molecular flexibility index (Phi) is 4.97. The summed E-state index contributed by atoms with van der Waals surface area (Å²) in [6.07, 6.45) is 2.62. The molecule has 0 radical (unpaired) electrons. The molecule has 1 atom stereocenters. The molecule has 1 unspecified atom stereocenters. The molecule has 3 aliphatic rings. The SMILES string of the molecule is CCOc1ccc2c(c1)OC(C)(C)CC21C(=O)N(CC2CCOCC2)c2ccccc21. The van der Waals surface area contributed by atoms with Crippen LogP contribution >= 0.6 is 0 Å². The number of carbonyl (C=O) groups is 1. The van der Waals surface area contributed by atoms with E-state index < -0.39 is 11.0 Å². The third-order valence-electron chi connectivity index (χ3n) is 6.85. The van der Waals surface area contributed by atoms with Crippen LogP contribution in [0.4, 0.5) is 5.69 Å². The second kappa shape index (κ2) is 7.56. The molecular formula is C26H31NO4. The fourth-order valence-electron chi connectivity index (χ4n) is 5.59. The first-order valence-electron chi connectivity index (χ1n) is 11.4. The second-order valence-electron chi connectivity index (χ2n) is 9.52. The molecule has 2 aromatic carbocycles. The van der Waals surface area contributed by atoms with Crippen LogP contribution in [0.15, 0.2) is 42.5 Å². The molecular weight excluding hydrogens is 390 g/mol. The Morgan fingerprint density at radius 3 is 2.65 bits per heavy atom. The van der Waals surface area contributed by atoms with Crippen LogP contribution in [0.25, 0.3) is 0 Å². The quantitative estimate of drug-likeness (QED) is 0.718. The summed E-state index contributed by atoms with van der Waals surface area (Å²) >= 11 is 0. The third kappa shape index (κ3) is 3.30. The number of ether oxygens (including phenoxy) is 3. The zero-order chi connectivity index (χ0) is 21.6. The van der Waals surface area contributed by atoms with E-state index in [4.69, 9.17) is 14.2 Å². The van der Waals surface area contributed by atoms with Gasteiger partial charge in [0.1, 0.15) is 22.5 Å². The molecule has 0 saturated carbocycles. The summed E-state index contributed by atoms with van der Waals surface area (Å²) in [5.41, 5.74) is 1.87. The van der Waals surface area contributed by atoms with Crippen LogP contribution in [0.5, 0.6) is 11.5 Å². The first-order chi connectivity index (χ1) is 14.9. The lowest BCUT2D eigenvalue weighted by Crippen LogP contribution is -2.51. The smallest absolute Gasteiger partial charge is 0.242 e. The van der Waals surface area contributed by atoms with E-state index in [-0.39, 0.29) is 5.91 Å². The molecule has 164 valence electrons. The molecule has 5 heteroatoms. The van der Waals surface area contributed by atoms with Crippen LogP contribution in [0.2, 0.25) is 0 Å². The van der Waals surface area contributed by atoms with E-state index in [2.05, 4.69) is 26.0 Å². The van der Waals surface area contributed by atoms with Crippen LogP contribution in [-0.2, 0) is 14.9 Å². The van der Waals surface area contributed by atoms with Crippen LogP contribution in [0.3, 0.4) is 0 Å². The molecule has 1 amide bonds. The highest BCUT2D eigenvalue weighted by molar-refractivity contribution is 6.11. The Hall–Kier alpha value is -2.53. The maximum absolute atomic E-state index is 14.3. The lowest BCUT2D eigenvalue weighted by Gasteiger charge is -2.43. The van der Waals surface area contributed by atoms with E-state index in [1.807, 2.05) is 42.2 Å². The Balaban J connectivity index is 1.63. The third-order valence-corrected chi connectivity index (χ3v) is 6.85. The van der Waals surface area contributed by atoms with Gasteiger partial charge in [0.15, 0.2) is 0 Å². The average Bonchev–Trinajstić information content (AvgIpc) is 2.97. The molecule has 3 heterocycles. The minimum Gasteiger partial charge on any atom is -0.494 e. The summed E-state index contributed by atoms with van der Waals surface area (Å²) in [6, 6.07) is 14.2. The predicted octanol–water partition coefficient (Wildman–Crippen LogP) is 4.71. The predicted molar refractivity (Wildman–Crippen MR) is 120 cm³/mol. The lowest BCUT2D eigenvalue weighted by molar-refractivity contribution is -0.124. The average molecular weight is 422 g/mol. The maximum atomic E-state index is 14.3. The number of benzene rings is 2. The van der Waals surface area contributed by atoms with E-state index in [0.717, 1.165) is 60.9 Å². The van der Waals surface area contributed by atoms with Crippen molar-refractivity contribution in [3.05, 3.63) is 53.6 Å². The number of nitrogens with zero attached hydrogens (tertiary/aromatic N) is 1. The molecule has 2 aromatic rings. The van der Waals surface area contributed by atoms with Gasteiger partial charge in [-0.2, -0.15) is 0 Å². The molecule has 5 rings (SSSR count). The largest absolute Gasteiger partial charge is 0.494 e. The number of carbonyl (C=O) groups excluding carboxylic acids is 1. The molecule has 1 saturated heterocycles. The van der Waals surface area contributed by atoms with E-state index in [0.29, 0.717) is 18.9 Å². The molecule has 1 spiro atoms. The monoisotopic (exact) mass is 421 g/mol.